The van der Waals surface area contributed by atoms with E-state index in [4.69, 9.17) is 0 Å². The minimum absolute atomic E-state index is 0.143. The fourth-order valence-electron chi connectivity index (χ4n) is 1.70. The maximum absolute atomic E-state index is 11.7. The van der Waals surface area contributed by atoms with Gasteiger partial charge in [0, 0.05) is 6.07 Å². The number of aromatic nitrogens is 1. The molecule has 0 spiro atoms. The van der Waals surface area contributed by atoms with Gasteiger partial charge in [0.25, 0.3) is 11.6 Å². The van der Waals surface area contributed by atoms with Gasteiger partial charge in [-0.15, -0.1) is 0 Å². The van der Waals surface area contributed by atoms with Crippen LogP contribution in [0.25, 0.3) is 0 Å². The summed E-state index contributed by atoms with van der Waals surface area (Å²) in [5.41, 5.74) is -0.813. The fourth-order valence-corrected chi connectivity index (χ4v) is 1.70. The topological polar surface area (TPSA) is 99.5 Å². The molecule has 16 heavy (non-hydrogen) atoms. The van der Waals surface area contributed by atoms with Crippen molar-refractivity contribution in [2.45, 2.75) is 12.5 Å². The molecule has 1 amide bonds. The zero-order valence-electron chi connectivity index (χ0n) is 8.64. The quantitative estimate of drug-likeness (QED) is 0.552. The molecule has 7 nitrogen and oxygen atoms in total. The summed E-state index contributed by atoms with van der Waals surface area (Å²) in [5.74, 6) is -0.334. The predicted octanol–water partition coefficient (Wildman–Crippen LogP) is 0.130. The number of nitrogens with zero attached hydrogens (tertiary/aromatic N) is 2. The molecular weight excluding hydrogens is 214 g/mol. The second-order valence-electron chi connectivity index (χ2n) is 4.19. The van der Waals surface area contributed by atoms with E-state index in [1.807, 2.05) is 0 Å². The van der Waals surface area contributed by atoms with Crippen LogP contribution in [0.4, 0.5) is 5.69 Å². The minimum atomic E-state index is -0.839. The molecular formula is C9H11N3O4. The molecule has 2 N–H and O–H groups in total. The van der Waals surface area contributed by atoms with Crippen molar-refractivity contribution in [3.05, 3.63) is 28.1 Å². The van der Waals surface area contributed by atoms with E-state index in [-0.39, 0.29) is 30.4 Å². The third-order valence-electron chi connectivity index (χ3n) is 2.46. The Morgan fingerprint density at radius 2 is 2.31 bits per heavy atom. The van der Waals surface area contributed by atoms with Crippen molar-refractivity contribution >= 4 is 11.6 Å². The van der Waals surface area contributed by atoms with Crippen LogP contribution in [-0.2, 0) is 0 Å². The monoisotopic (exact) mass is 225 g/mol. The van der Waals surface area contributed by atoms with Gasteiger partial charge in [0.15, 0.2) is 0 Å². The maximum Gasteiger partial charge on any atom is 0.287 e. The van der Waals surface area contributed by atoms with E-state index in [1.54, 1.807) is 6.92 Å². The number of likely N-dealkylation sites (tertiary alicyclic amines) is 1. The van der Waals surface area contributed by atoms with Gasteiger partial charge in [-0.1, -0.05) is 0 Å². The minimum Gasteiger partial charge on any atom is -0.386 e. The van der Waals surface area contributed by atoms with Crippen molar-refractivity contribution < 1.29 is 14.8 Å². The van der Waals surface area contributed by atoms with E-state index < -0.39 is 10.5 Å². The molecule has 1 fully saturated rings. The van der Waals surface area contributed by atoms with E-state index in [1.165, 1.54) is 17.2 Å². The Balaban J connectivity index is 2.08. The molecule has 2 rings (SSSR count). The Hall–Kier alpha value is -1.89. The van der Waals surface area contributed by atoms with Gasteiger partial charge in [-0.3, -0.25) is 14.9 Å². The molecule has 0 aliphatic carbocycles. The Labute approximate surface area is 90.8 Å². The van der Waals surface area contributed by atoms with Gasteiger partial charge in [-0.2, -0.15) is 0 Å². The van der Waals surface area contributed by atoms with Crippen LogP contribution in [0, 0.1) is 10.1 Å². The molecule has 7 heteroatoms. The molecule has 2 heterocycles. The summed E-state index contributed by atoms with van der Waals surface area (Å²) in [6.45, 7) is 2.13. The van der Waals surface area contributed by atoms with E-state index in [2.05, 4.69) is 4.98 Å². The lowest BCUT2D eigenvalue weighted by Gasteiger charge is -2.43. The second-order valence-corrected chi connectivity index (χ2v) is 4.19. The van der Waals surface area contributed by atoms with Crippen LogP contribution in [-0.4, -0.2) is 44.5 Å². The van der Waals surface area contributed by atoms with Crippen molar-refractivity contribution in [2.24, 2.45) is 0 Å². The number of hydrogen-bond acceptors (Lipinski definition) is 4. The smallest absolute Gasteiger partial charge is 0.287 e. The molecule has 0 atom stereocenters. The van der Waals surface area contributed by atoms with Crippen LogP contribution in [0.1, 0.15) is 17.4 Å². The van der Waals surface area contributed by atoms with Crippen LogP contribution in [0.2, 0.25) is 0 Å². The molecule has 0 bridgehead atoms. The number of β-amino-alcohol motifs (C(OH)–C–C–N with tert-alkyl or cyclic N) is 1. The van der Waals surface area contributed by atoms with E-state index in [0.717, 1.165) is 0 Å². The molecule has 0 radical (unpaired) electrons. The number of nitrogens with one attached hydrogen (secondary N) is 1. The summed E-state index contributed by atoms with van der Waals surface area (Å²) in [5, 5.41) is 19.9. The lowest BCUT2D eigenvalue weighted by Crippen LogP contribution is -2.61. The van der Waals surface area contributed by atoms with Gasteiger partial charge < -0.3 is 15.0 Å². The van der Waals surface area contributed by atoms with Gasteiger partial charge in [0.2, 0.25) is 0 Å². The summed E-state index contributed by atoms with van der Waals surface area (Å²) < 4.78 is 0. The van der Waals surface area contributed by atoms with Crippen molar-refractivity contribution in [3.63, 3.8) is 0 Å². The van der Waals surface area contributed by atoms with Crippen molar-refractivity contribution in [1.29, 1.82) is 0 Å². The molecule has 1 aliphatic heterocycles. The zero-order chi connectivity index (χ0) is 11.9. The van der Waals surface area contributed by atoms with E-state index >= 15 is 0 Å². The number of nitro groups is 1. The normalized spacial score (nSPS) is 18.0. The van der Waals surface area contributed by atoms with Crippen molar-refractivity contribution in [3.8, 4) is 0 Å². The average molecular weight is 225 g/mol. The summed E-state index contributed by atoms with van der Waals surface area (Å²) in [4.78, 5) is 25.5. The maximum atomic E-state index is 11.7. The molecule has 1 saturated heterocycles. The average Bonchev–Trinajstić information content (AvgIpc) is 2.61. The molecule has 0 aromatic carbocycles. The first-order valence-corrected chi connectivity index (χ1v) is 4.73. The Kier molecular flexibility index (Phi) is 2.20. The number of hydrogen-bond donors (Lipinski definition) is 2. The summed E-state index contributed by atoms with van der Waals surface area (Å²) in [6.07, 6.45) is 1.17. The van der Waals surface area contributed by atoms with Crippen LogP contribution >= 0.6 is 0 Å². The first kappa shape index (κ1) is 10.6. The number of H-pyrrole nitrogens is 1. The zero-order valence-corrected chi connectivity index (χ0v) is 8.64. The predicted molar refractivity (Wildman–Crippen MR) is 54.0 cm³/mol. The highest BCUT2D eigenvalue weighted by Crippen LogP contribution is 2.23. The lowest BCUT2D eigenvalue weighted by molar-refractivity contribution is -0.384. The first-order chi connectivity index (χ1) is 7.39. The van der Waals surface area contributed by atoms with Crippen LogP contribution in [0.15, 0.2) is 12.3 Å². The summed E-state index contributed by atoms with van der Waals surface area (Å²) >= 11 is 0. The molecule has 0 unspecified atom stereocenters. The van der Waals surface area contributed by atoms with Crippen LogP contribution in [0.5, 0.6) is 0 Å². The molecule has 1 aromatic rings. The number of carbonyl (C=O) groups excluding carboxylic acids is 1. The van der Waals surface area contributed by atoms with Gasteiger partial charge in [-0.05, 0) is 6.92 Å². The highest BCUT2D eigenvalue weighted by Gasteiger charge is 2.40. The van der Waals surface area contributed by atoms with Gasteiger partial charge >= 0.3 is 0 Å². The Bertz CT molecular complexity index is 443. The number of aliphatic hydroxyl groups is 1. The van der Waals surface area contributed by atoms with Crippen LogP contribution < -0.4 is 0 Å². The molecule has 0 saturated carbocycles. The number of aromatic amines is 1. The number of amides is 1. The van der Waals surface area contributed by atoms with E-state index in [0.29, 0.717) is 0 Å². The largest absolute Gasteiger partial charge is 0.386 e. The highest BCUT2D eigenvalue weighted by molar-refractivity contribution is 5.93. The van der Waals surface area contributed by atoms with Crippen molar-refractivity contribution in [1.82, 2.24) is 9.88 Å². The third-order valence-corrected chi connectivity index (χ3v) is 2.46. The number of rotatable bonds is 2. The van der Waals surface area contributed by atoms with Crippen molar-refractivity contribution in [2.75, 3.05) is 13.1 Å². The van der Waals surface area contributed by atoms with E-state index in [9.17, 15) is 20.0 Å². The first-order valence-electron chi connectivity index (χ1n) is 4.73. The van der Waals surface area contributed by atoms with Gasteiger partial charge in [0.05, 0.1) is 29.8 Å². The van der Waals surface area contributed by atoms with Gasteiger partial charge in [0.1, 0.15) is 5.69 Å². The number of carbonyl (C=O) groups is 1. The second kappa shape index (κ2) is 3.31. The molecule has 1 aliphatic rings. The molecule has 1 aromatic heterocycles. The standard InChI is InChI=1S/C9H11N3O4/c1-9(14)4-11(5-9)8(13)7-2-6(3-10-7)12(15)16/h2-3,10,14H,4-5H2,1H3. The Morgan fingerprint density at radius 1 is 1.69 bits per heavy atom. The fraction of sp³-hybridized carbons (Fsp3) is 0.444. The lowest BCUT2D eigenvalue weighted by atomic mass is 9.97. The van der Waals surface area contributed by atoms with Gasteiger partial charge in [-0.25, -0.2) is 0 Å². The Morgan fingerprint density at radius 3 is 2.75 bits per heavy atom. The summed E-state index contributed by atoms with van der Waals surface area (Å²) in [6, 6.07) is 1.19. The molecule has 86 valence electrons. The summed E-state index contributed by atoms with van der Waals surface area (Å²) in [7, 11) is 0. The highest BCUT2D eigenvalue weighted by atomic mass is 16.6. The third kappa shape index (κ3) is 1.76. The van der Waals surface area contributed by atoms with Crippen LogP contribution in [0.3, 0.4) is 0 Å². The SMILES string of the molecule is CC1(O)CN(C(=O)c2cc([N+](=O)[O-])c[nH]2)C1.